The zero-order valence-corrected chi connectivity index (χ0v) is 14.2. The molecule has 0 aromatic heterocycles. The van der Waals surface area contributed by atoms with E-state index in [-0.39, 0.29) is 5.54 Å². The molecule has 2 atom stereocenters. The van der Waals surface area contributed by atoms with Crippen molar-refractivity contribution in [2.24, 2.45) is 0 Å². The fraction of sp³-hybridized carbons (Fsp3) is 0.941. The van der Waals surface area contributed by atoms with Crippen molar-refractivity contribution in [3.63, 3.8) is 0 Å². The molecule has 4 nitrogen and oxygen atoms in total. The summed E-state index contributed by atoms with van der Waals surface area (Å²) < 4.78 is 5.75. The van der Waals surface area contributed by atoms with Gasteiger partial charge >= 0.3 is 0 Å². The second-order valence-electron chi connectivity index (χ2n) is 6.10. The first-order valence-corrected chi connectivity index (χ1v) is 8.70. The van der Waals surface area contributed by atoms with E-state index >= 15 is 0 Å². The molecule has 1 aliphatic rings. The highest BCUT2D eigenvalue weighted by atomic mass is 16.5. The van der Waals surface area contributed by atoms with Gasteiger partial charge in [-0.25, -0.2) is 0 Å². The molecule has 1 aliphatic heterocycles. The fourth-order valence-electron chi connectivity index (χ4n) is 3.12. The van der Waals surface area contributed by atoms with Crippen LogP contribution in [0.15, 0.2) is 0 Å². The van der Waals surface area contributed by atoms with Crippen molar-refractivity contribution in [1.82, 2.24) is 10.2 Å². The van der Waals surface area contributed by atoms with Crippen LogP contribution in [0, 0.1) is 11.3 Å². The van der Waals surface area contributed by atoms with Crippen LogP contribution in [0.3, 0.4) is 0 Å². The lowest BCUT2D eigenvalue weighted by Crippen LogP contribution is -2.45. The molecule has 1 N–H and O–H groups in total. The molecule has 0 aromatic rings. The van der Waals surface area contributed by atoms with Gasteiger partial charge in [0.2, 0.25) is 0 Å². The predicted octanol–water partition coefficient (Wildman–Crippen LogP) is 2.94. The molecule has 1 rings (SSSR count). The molecule has 0 bridgehead atoms. The fourth-order valence-corrected chi connectivity index (χ4v) is 3.12. The Morgan fingerprint density at radius 1 is 1.38 bits per heavy atom. The zero-order valence-electron chi connectivity index (χ0n) is 14.2. The molecule has 122 valence electrons. The van der Waals surface area contributed by atoms with E-state index < -0.39 is 0 Å². The first kappa shape index (κ1) is 18.4. The molecule has 0 radical (unpaired) electrons. The van der Waals surface area contributed by atoms with Crippen LogP contribution in [-0.2, 0) is 4.74 Å². The number of hydrogen-bond acceptors (Lipinski definition) is 4. The molecule has 1 heterocycles. The number of nitriles is 1. The molecule has 0 aromatic carbocycles. The number of ether oxygens (including phenoxy) is 1. The number of hydrogen-bond donors (Lipinski definition) is 1. The van der Waals surface area contributed by atoms with Crippen LogP contribution in [0.2, 0.25) is 0 Å². The quantitative estimate of drug-likeness (QED) is 0.673. The summed E-state index contributed by atoms with van der Waals surface area (Å²) in [6.07, 6.45) is 6.81. The Balaban J connectivity index is 2.34. The summed E-state index contributed by atoms with van der Waals surface area (Å²) >= 11 is 0. The monoisotopic (exact) mass is 295 g/mol. The van der Waals surface area contributed by atoms with Gasteiger partial charge in [0.15, 0.2) is 0 Å². The SMILES string of the molecule is CCCNC(C#N)(CC)CCCN1CCCC(OCC)C1. The minimum Gasteiger partial charge on any atom is -0.377 e. The highest BCUT2D eigenvalue weighted by Crippen LogP contribution is 2.19. The predicted molar refractivity (Wildman–Crippen MR) is 87.3 cm³/mol. The van der Waals surface area contributed by atoms with Gasteiger partial charge < -0.3 is 9.64 Å². The topological polar surface area (TPSA) is 48.3 Å². The Hall–Kier alpha value is -0.630. The molecule has 4 heteroatoms. The summed E-state index contributed by atoms with van der Waals surface area (Å²) in [6.45, 7) is 11.4. The Kier molecular flexibility index (Phi) is 8.91. The lowest BCUT2D eigenvalue weighted by molar-refractivity contribution is 0.00527. The van der Waals surface area contributed by atoms with Crippen LogP contribution in [-0.4, -0.2) is 49.3 Å². The van der Waals surface area contributed by atoms with Crippen molar-refractivity contribution in [3.8, 4) is 6.07 Å². The van der Waals surface area contributed by atoms with Gasteiger partial charge in [-0.05, 0) is 65.1 Å². The number of nitrogens with one attached hydrogen (secondary N) is 1. The van der Waals surface area contributed by atoms with Crippen molar-refractivity contribution in [2.45, 2.75) is 70.9 Å². The van der Waals surface area contributed by atoms with Gasteiger partial charge in [-0.1, -0.05) is 13.8 Å². The largest absolute Gasteiger partial charge is 0.377 e. The minimum absolute atomic E-state index is 0.328. The minimum atomic E-state index is -0.328. The summed E-state index contributed by atoms with van der Waals surface area (Å²) in [7, 11) is 0. The third-order valence-corrected chi connectivity index (χ3v) is 4.47. The van der Waals surface area contributed by atoms with Gasteiger partial charge in [-0.3, -0.25) is 5.32 Å². The van der Waals surface area contributed by atoms with E-state index in [1.807, 2.05) is 0 Å². The van der Waals surface area contributed by atoms with Crippen LogP contribution >= 0.6 is 0 Å². The van der Waals surface area contributed by atoms with Crippen molar-refractivity contribution in [2.75, 3.05) is 32.8 Å². The van der Waals surface area contributed by atoms with E-state index in [0.29, 0.717) is 6.10 Å². The maximum Gasteiger partial charge on any atom is 0.106 e. The molecule has 0 aliphatic carbocycles. The van der Waals surface area contributed by atoms with E-state index in [9.17, 15) is 5.26 Å². The van der Waals surface area contributed by atoms with Crippen molar-refractivity contribution < 1.29 is 4.74 Å². The van der Waals surface area contributed by atoms with Gasteiger partial charge in [0.1, 0.15) is 5.54 Å². The Bertz CT molecular complexity index is 314. The van der Waals surface area contributed by atoms with E-state index in [2.05, 4.69) is 37.1 Å². The van der Waals surface area contributed by atoms with Gasteiger partial charge in [-0.2, -0.15) is 5.26 Å². The highest BCUT2D eigenvalue weighted by Gasteiger charge is 2.27. The smallest absolute Gasteiger partial charge is 0.106 e. The molecular formula is C17H33N3O. The lowest BCUT2D eigenvalue weighted by Gasteiger charge is -2.33. The molecule has 0 amide bonds. The summed E-state index contributed by atoms with van der Waals surface area (Å²) in [5.41, 5.74) is -0.328. The maximum atomic E-state index is 9.51. The molecular weight excluding hydrogens is 262 g/mol. The van der Waals surface area contributed by atoms with E-state index in [1.165, 1.54) is 19.4 Å². The van der Waals surface area contributed by atoms with Crippen molar-refractivity contribution in [1.29, 1.82) is 5.26 Å². The van der Waals surface area contributed by atoms with Crippen LogP contribution in [0.1, 0.15) is 59.3 Å². The van der Waals surface area contributed by atoms with Crippen LogP contribution in [0.4, 0.5) is 0 Å². The van der Waals surface area contributed by atoms with Gasteiger partial charge in [0.25, 0.3) is 0 Å². The highest BCUT2D eigenvalue weighted by molar-refractivity contribution is 5.06. The molecule has 21 heavy (non-hydrogen) atoms. The lowest BCUT2D eigenvalue weighted by atomic mass is 9.91. The Morgan fingerprint density at radius 3 is 2.81 bits per heavy atom. The van der Waals surface area contributed by atoms with Crippen LogP contribution < -0.4 is 5.32 Å². The second kappa shape index (κ2) is 10.2. The second-order valence-corrected chi connectivity index (χ2v) is 6.10. The van der Waals surface area contributed by atoms with Crippen LogP contribution in [0.5, 0.6) is 0 Å². The molecule has 1 fully saturated rings. The average molecular weight is 295 g/mol. The maximum absolute atomic E-state index is 9.51. The van der Waals surface area contributed by atoms with Gasteiger partial charge in [0, 0.05) is 13.2 Å². The molecule has 0 saturated carbocycles. The van der Waals surface area contributed by atoms with E-state index in [1.54, 1.807) is 0 Å². The first-order chi connectivity index (χ1) is 10.2. The van der Waals surface area contributed by atoms with Gasteiger partial charge in [0.05, 0.1) is 12.2 Å². The number of likely N-dealkylation sites (tertiary alicyclic amines) is 1. The van der Waals surface area contributed by atoms with Crippen molar-refractivity contribution >= 4 is 0 Å². The van der Waals surface area contributed by atoms with E-state index in [0.717, 1.165) is 51.9 Å². The number of nitrogens with zero attached hydrogens (tertiary/aromatic N) is 2. The summed E-state index contributed by atoms with van der Waals surface area (Å²) in [5, 5.41) is 13.0. The van der Waals surface area contributed by atoms with Gasteiger partial charge in [-0.15, -0.1) is 0 Å². The Labute approximate surface area is 130 Å². The van der Waals surface area contributed by atoms with Crippen molar-refractivity contribution in [3.05, 3.63) is 0 Å². The third kappa shape index (κ3) is 6.34. The molecule has 2 unspecified atom stereocenters. The number of piperidine rings is 1. The molecule has 0 spiro atoms. The van der Waals surface area contributed by atoms with E-state index in [4.69, 9.17) is 4.74 Å². The standard InChI is InChI=1S/C17H33N3O/c1-4-11-19-17(5-2,15-18)10-8-13-20-12-7-9-16(14-20)21-6-3/h16,19H,4-14H2,1-3H3. The average Bonchev–Trinajstić information content (AvgIpc) is 2.52. The first-order valence-electron chi connectivity index (χ1n) is 8.70. The summed E-state index contributed by atoms with van der Waals surface area (Å²) in [6, 6.07) is 2.51. The summed E-state index contributed by atoms with van der Waals surface area (Å²) in [5.74, 6) is 0. The normalized spacial score (nSPS) is 22.7. The third-order valence-electron chi connectivity index (χ3n) is 4.47. The molecule has 1 saturated heterocycles. The van der Waals surface area contributed by atoms with Crippen LogP contribution in [0.25, 0.3) is 0 Å². The Morgan fingerprint density at radius 2 is 2.19 bits per heavy atom. The zero-order chi connectivity index (χ0) is 15.6. The number of rotatable bonds is 10. The summed E-state index contributed by atoms with van der Waals surface area (Å²) in [4.78, 5) is 2.50.